The number of carboxylic acid groups (broad SMARTS) is 1. The molecule has 0 unspecified atom stereocenters. The van der Waals surface area contributed by atoms with Gasteiger partial charge in [0.15, 0.2) is 0 Å². The van der Waals surface area contributed by atoms with Gasteiger partial charge >= 0.3 is 5.97 Å². The highest BCUT2D eigenvalue weighted by Gasteiger charge is 2.57. The topological polar surface area (TPSA) is 80.6 Å². The molecule has 2 N–H and O–H groups in total. The summed E-state index contributed by atoms with van der Waals surface area (Å²) >= 11 is 0. The van der Waals surface area contributed by atoms with Gasteiger partial charge in [0.2, 0.25) is 5.43 Å². The number of halogens is 1. The number of aryl methyl sites for hydroxylation is 1. The van der Waals surface area contributed by atoms with Crippen LogP contribution in [0.2, 0.25) is 0 Å². The Balaban J connectivity index is 1.58. The summed E-state index contributed by atoms with van der Waals surface area (Å²) in [4.78, 5) is 23.8. The first-order valence-corrected chi connectivity index (χ1v) is 9.46. The van der Waals surface area contributed by atoms with E-state index in [0.717, 1.165) is 19.1 Å². The molecule has 1 aromatic carbocycles. The molecule has 27 heavy (non-hydrogen) atoms. The highest BCUT2D eigenvalue weighted by Crippen LogP contribution is 2.54. The number of anilines is 1. The zero-order valence-corrected chi connectivity index (χ0v) is 14.9. The molecule has 4 bridgehead atoms. The van der Waals surface area contributed by atoms with Crippen LogP contribution in [-0.2, 0) is 11.3 Å². The number of benzene rings is 1. The fraction of sp³-hybridized carbons (Fsp3) is 0.500. The number of hydrogen-bond acceptors (Lipinski definition) is 4. The second kappa shape index (κ2) is 5.79. The molecule has 3 heterocycles. The van der Waals surface area contributed by atoms with Gasteiger partial charge in [-0.2, -0.15) is 0 Å². The number of hydrogen-bond donors (Lipinski definition) is 2. The van der Waals surface area contributed by atoms with Crippen LogP contribution in [0.25, 0.3) is 10.9 Å². The number of nitrogens with one attached hydrogen (secondary N) is 1. The second-order valence-corrected chi connectivity index (χ2v) is 7.94. The molecule has 6 rings (SSSR count). The molecule has 2 saturated heterocycles. The van der Waals surface area contributed by atoms with E-state index < -0.39 is 17.2 Å². The summed E-state index contributed by atoms with van der Waals surface area (Å²) in [5.74, 6) is -0.230. The van der Waals surface area contributed by atoms with Gasteiger partial charge in [0, 0.05) is 18.1 Å². The summed E-state index contributed by atoms with van der Waals surface area (Å²) in [7, 11) is 0. The van der Waals surface area contributed by atoms with Crippen LogP contribution >= 0.6 is 0 Å². The Morgan fingerprint density at radius 3 is 2.85 bits per heavy atom. The first kappa shape index (κ1) is 16.7. The fourth-order valence-corrected chi connectivity index (χ4v) is 5.42. The maximum absolute atomic E-state index is 14.8. The fourth-order valence-electron chi connectivity index (χ4n) is 5.42. The van der Waals surface area contributed by atoms with Crippen molar-refractivity contribution < 1.29 is 19.0 Å². The Hall–Kier alpha value is -2.41. The summed E-state index contributed by atoms with van der Waals surface area (Å²) < 4.78 is 22.4. The minimum absolute atomic E-state index is 0.0884. The van der Waals surface area contributed by atoms with Gasteiger partial charge in [-0.15, -0.1) is 0 Å². The largest absolute Gasteiger partial charge is 0.477 e. The van der Waals surface area contributed by atoms with Crippen molar-refractivity contribution in [1.29, 1.82) is 0 Å². The minimum Gasteiger partial charge on any atom is -0.477 e. The predicted octanol–water partition coefficient (Wildman–Crippen LogP) is 2.69. The highest BCUT2D eigenvalue weighted by atomic mass is 19.1. The summed E-state index contributed by atoms with van der Waals surface area (Å²) in [6.45, 7) is 3.14. The molecule has 7 heteroatoms. The maximum Gasteiger partial charge on any atom is 0.341 e. The van der Waals surface area contributed by atoms with Crippen molar-refractivity contribution in [3.05, 3.63) is 39.9 Å². The minimum atomic E-state index is -1.30. The van der Waals surface area contributed by atoms with Gasteiger partial charge in [-0.3, -0.25) is 4.79 Å². The standard InChI is InChI=1S/C20H21FN2O4/c1-2-23-7-13(20(25)26)18(24)12-5-14(21)15(6-16(12)23)22-17-11-4-9-3-10(11)8-27-19(9)17/h5-7,9-11,17,19,22H,2-4,8H2,1H3,(H,25,26)/t9-,10-,11-,17-,19-/m1/s1. The highest BCUT2D eigenvalue weighted by molar-refractivity contribution is 5.93. The smallest absolute Gasteiger partial charge is 0.341 e. The van der Waals surface area contributed by atoms with Gasteiger partial charge in [-0.1, -0.05) is 0 Å². The zero-order chi connectivity index (χ0) is 18.9. The summed E-state index contributed by atoms with van der Waals surface area (Å²) in [6, 6.07) is 2.88. The molecular formula is C20H21FN2O4. The third-order valence-electron chi connectivity index (χ3n) is 6.63. The predicted molar refractivity (Wildman–Crippen MR) is 97.7 cm³/mol. The van der Waals surface area contributed by atoms with E-state index >= 15 is 0 Å². The van der Waals surface area contributed by atoms with E-state index in [1.807, 2.05) is 6.92 Å². The molecule has 2 aliphatic carbocycles. The molecular weight excluding hydrogens is 351 g/mol. The molecule has 2 saturated carbocycles. The number of carboxylic acids is 1. The van der Waals surface area contributed by atoms with Crippen LogP contribution in [0.1, 0.15) is 30.1 Å². The van der Waals surface area contributed by atoms with E-state index in [4.69, 9.17) is 4.74 Å². The van der Waals surface area contributed by atoms with Crippen molar-refractivity contribution in [3.63, 3.8) is 0 Å². The van der Waals surface area contributed by atoms with Crippen molar-refractivity contribution in [2.75, 3.05) is 11.9 Å². The summed E-state index contributed by atoms with van der Waals surface area (Å²) in [6.07, 6.45) is 3.79. The molecule has 5 atom stereocenters. The van der Waals surface area contributed by atoms with Crippen LogP contribution in [0.4, 0.5) is 10.1 Å². The third-order valence-corrected chi connectivity index (χ3v) is 6.63. The van der Waals surface area contributed by atoms with E-state index in [2.05, 4.69) is 5.32 Å². The monoisotopic (exact) mass is 372 g/mol. The average Bonchev–Trinajstić information content (AvgIpc) is 3.16. The Kier molecular flexibility index (Phi) is 3.59. The van der Waals surface area contributed by atoms with Crippen LogP contribution in [-0.4, -0.2) is 34.4 Å². The Labute approximate surface area is 154 Å². The van der Waals surface area contributed by atoms with Crippen LogP contribution in [0.15, 0.2) is 23.1 Å². The molecule has 2 aromatic rings. The van der Waals surface area contributed by atoms with Crippen molar-refractivity contribution in [3.8, 4) is 0 Å². The molecule has 0 radical (unpaired) electrons. The van der Waals surface area contributed by atoms with E-state index in [0.29, 0.717) is 35.5 Å². The molecule has 0 spiro atoms. The Morgan fingerprint density at radius 2 is 2.19 bits per heavy atom. The average molecular weight is 372 g/mol. The SMILES string of the molecule is CCn1cc(C(=O)O)c(=O)c2cc(F)c(N[C@@H]3[C@@H]4C[C@H]5C[C@@H]4CO[C@H]53)cc21. The summed E-state index contributed by atoms with van der Waals surface area (Å²) in [5.41, 5.74) is -0.122. The Bertz CT molecular complexity index is 1010. The zero-order valence-electron chi connectivity index (χ0n) is 14.9. The molecule has 1 aromatic heterocycles. The van der Waals surface area contributed by atoms with Gasteiger partial charge in [0.25, 0.3) is 0 Å². The lowest BCUT2D eigenvalue weighted by molar-refractivity contribution is -0.0773. The summed E-state index contributed by atoms with van der Waals surface area (Å²) in [5, 5.41) is 12.7. The molecule has 2 aliphatic heterocycles. The third kappa shape index (κ3) is 2.34. The van der Waals surface area contributed by atoms with Crippen LogP contribution in [0.5, 0.6) is 0 Å². The van der Waals surface area contributed by atoms with Crippen molar-refractivity contribution in [2.45, 2.75) is 38.5 Å². The van der Waals surface area contributed by atoms with Crippen molar-refractivity contribution in [2.24, 2.45) is 17.8 Å². The number of fused-ring (bicyclic) bond motifs is 2. The molecule has 4 fully saturated rings. The van der Waals surface area contributed by atoms with Crippen molar-refractivity contribution in [1.82, 2.24) is 4.57 Å². The number of aromatic carboxylic acids is 1. The van der Waals surface area contributed by atoms with Crippen LogP contribution in [0.3, 0.4) is 0 Å². The van der Waals surface area contributed by atoms with E-state index in [1.165, 1.54) is 12.6 Å². The van der Waals surface area contributed by atoms with Gasteiger partial charge in [0.1, 0.15) is 11.4 Å². The van der Waals surface area contributed by atoms with Crippen molar-refractivity contribution >= 4 is 22.6 Å². The maximum atomic E-state index is 14.8. The Morgan fingerprint density at radius 1 is 1.37 bits per heavy atom. The molecule has 142 valence electrons. The van der Waals surface area contributed by atoms with E-state index in [-0.39, 0.29) is 23.1 Å². The van der Waals surface area contributed by atoms with Crippen LogP contribution in [0, 0.1) is 23.6 Å². The number of aromatic nitrogens is 1. The number of rotatable bonds is 4. The number of nitrogens with zero attached hydrogens (tertiary/aromatic N) is 1. The number of pyridine rings is 1. The van der Waals surface area contributed by atoms with E-state index in [1.54, 1.807) is 10.6 Å². The lowest BCUT2D eigenvalue weighted by Crippen LogP contribution is -2.50. The van der Waals surface area contributed by atoms with Crippen LogP contribution < -0.4 is 10.7 Å². The first-order valence-electron chi connectivity index (χ1n) is 9.46. The molecule has 6 nitrogen and oxygen atoms in total. The normalized spacial score (nSPS) is 31.0. The first-order chi connectivity index (χ1) is 13.0. The number of carbonyl (C=O) groups is 1. The van der Waals surface area contributed by atoms with E-state index in [9.17, 15) is 19.1 Å². The quantitative estimate of drug-likeness (QED) is 0.863. The van der Waals surface area contributed by atoms with Gasteiger partial charge < -0.3 is 19.7 Å². The second-order valence-electron chi connectivity index (χ2n) is 7.94. The lowest BCUT2D eigenvalue weighted by Gasteiger charge is -2.42. The van der Waals surface area contributed by atoms with Gasteiger partial charge in [-0.25, -0.2) is 9.18 Å². The van der Waals surface area contributed by atoms with Gasteiger partial charge in [0.05, 0.1) is 30.0 Å². The molecule has 0 amide bonds. The molecule has 4 aliphatic rings. The lowest BCUT2D eigenvalue weighted by atomic mass is 9.81. The number of ether oxygens (including phenoxy) is 1. The van der Waals surface area contributed by atoms with Gasteiger partial charge in [-0.05, 0) is 49.7 Å².